The Morgan fingerprint density at radius 1 is 0.762 bits per heavy atom. The molecule has 3 heteroatoms. The second kappa shape index (κ2) is 5.62. The van der Waals surface area contributed by atoms with Crippen LogP contribution in [0.2, 0.25) is 0 Å². The lowest BCUT2D eigenvalue weighted by Crippen LogP contribution is -3.00. The van der Waals surface area contributed by atoms with Crippen LogP contribution in [0.3, 0.4) is 0 Å². The summed E-state index contributed by atoms with van der Waals surface area (Å²) >= 11 is 0. The fourth-order valence-corrected chi connectivity index (χ4v) is 2.49. The van der Waals surface area contributed by atoms with Crippen LogP contribution < -0.4 is 22.0 Å². The van der Waals surface area contributed by atoms with Gasteiger partial charge in [0.2, 0.25) is 5.52 Å². The molecule has 4 aromatic rings. The van der Waals surface area contributed by atoms with E-state index in [1.54, 1.807) is 0 Å². The summed E-state index contributed by atoms with van der Waals surface area (Å²) in [5, 5.41) is 2.36. The molecule has 0 saturated heterocycles. The maximum absolute atomic E-state index is 4.73. The van der Waals surface area contributed by atoms with Gasteiger partial charge in [-0.2, -0.15) is 0 Å². The van der Waals surface area contributed by atoms with Gasteiger partial charge < -0.3 is 17.0 Å². The normalized spacial score (nSPS) is 10.5. The van der Waals surface area contributed by atoms with Crippen molar-refractivity contribution in [1.29, 1.82) is 0 Å². The van der Waals surface area contributed by atoms with Gasteiger partial charge in [-0.3, -0.25) is 0 Å². The highest BCUT2D eigenvalue weighted by molar-refractivity contribution is 5.83. The second-order valence-electron chi connectivity index (χ2n) is 4.86. The van der Waals surface area contributed by atoms with Crippen molar-refractivity contribution in [3.8, 4) is 11.3 Å². The number of pyridine rings is 2. The van der Waals surface area contributed by atoms with Crippen LogP contribution in [0.4, 0.5) is 0 Å². The van der Waals surface area contributed by atoms with E-state index in [2.05, 4.69) is 41.4 Å². The highest BCUT2D eigenvalue weighted by Gasteiger charge is 2.06. The summed E-state index contributed by atoms with van der Waals surface area (Å²) in [6.45, 7) is 0. The Morgan fingerprint density at radius 2 is 1.52 bits per heavy atom. The fourth-order valence-electron chi connectivity index (χ4n) is 2.49. The first-order chi connectivity index (χ1) is 9.90. The number of aromatic nitrogens is 2. The van der Waals surface area contributed by atoms with Crippen LogP contribution in [0.15, 0.2) is 72.9 Å². The number of para-hydroxylation sites is 2. The van der Waals surface area contributed by atoms with Gasteiger partial charge in [-0.15, -0.1) is 0 Å². The van der Waals surface area contributed by atoms with Crippen molar-refractivity contribution in [2.24, 2.45) is 0 Å². The zero-order chi connectivity index (χ0) is 13.4. The van der Waals surface area contributed by atoms with Crippen LogP contribution in [0.25, 0.3) is 33.1 Å². The lowest BCUT2D eigenvalue weighted by atomic mass is 10.1. The van der Waals surface area contributed by atoms with E-state index in [-0.39, 0.29) is 17.0 Å². The summed E-state index contributed by atoms with van der Waals surface area (Å²) in [4.78, 5) is 8.06. The largest absolute Gasteiger partial charge is 1.00 e. The van der Waals surface area contributed by atoms with Crippen LogP contribution in [0, 0.1) is 0 Å². The number of benzene rings is 2. The fraction of sp³-hybridized carbons (Fsp3) is 0. The molecular formula is C18H13BrN2. The first-order valence-electron chi connectivity index (χ1n) is 6.67. The minimum absolute atomic E-state index is 0. The molecule has 0 radical (unpaired) electrons. The molecule has 0 spiro atoms. The Labute approximate surface area is 133 Å². The van der Waals surface area contributed by atoms with E-state index in [9.17, 15) is 0 Å². The number of rotatable bonds is 1. The molecule has 102 valence electrons. The van der Waals surface area contributed by atoms with Crippen molar-refractivity contribution in [1.82, 2.24) is 4.98 Å². The Balaban J connectivity index is 0.00000132. The highest BCUT2D eigenvalue weighted by Crippen LogP contribution is 2.22. The SMILES string of the molecule is [Br-].c1ccc2nc(-c3c[nH+]c4ccccc4c3)ccc2c1. The molecule has 2 nitrogen and oxygen atoms in total. The van der Waals surface area contributed by atoms with Gasteiger partial charge in [-0.1, -0.05) is 36.4 Å². The second-order valence-corrected chi connectivity index (χ2v) is 4.86. The monoisotopic (exact) mass is 336 g/mol. The smallest absolute Gasteiger partial charge is 0.210 e. The molecule has 0 aliphatic carbocycles. The third-order valence-corrected chi connectivity index (χ3v) is 3.55. The van der Waals surface area contributed by atoms with E-state index in [0.29, 0.717) is 0 Å². The number of halogens is 1. The first-order valence-corrected chi connectivity index (χ1v) is 6.67. The molecule has 1 N–H and O–H groups in total. The summed E-state index contributed by atoms with van der Waals surface area (Å²) in [6, 6.07) is 22.8. The van der Waals surface area contributed by atoms with Crippen molar-refractivity contribution >= 4 is 21.8 Å². The molecule has 4 rings (SSSR count). The van der Waals surface area contributed by atoms with Gasteiger partial charge >= 0.3 is 0 Å². The van der Waals surface area contributed by atoms with Gasteiger partial charge in [-0.05, 0) is 24.3 Å². The Morgan fingerprint density at radius 3 is 2.43 bits per heavy atom. The van der Waals surface area contributed by atoms with Crippen LogP contribution >= 0.6 is 0 Å². The van der Waals surface area contributed by atoms with Crippen LogP contribution in [0.5, 0.6) is 0 Å². The maximum atomic E-state index is 4.73. The summed E-state index contributed by atoms with van der Waals surface area (Å²) in [6.07, 6.45) is 2.01. The van der Waals surface area contributed by atoms with Crippen LogP contribution in [-0.4, -0.2) is 4.98 Å². The van der Waals surface area contributed by atoms with Crippen molar-refractivity contribution in [3.05, 3.63) is 72.9 Å². The number of aromatic amines is 1. The summed E-state index contributed by atoms with van der Waals surface area (Å²) in [7, 11) is 0. The minimum Gasteiger partial charge on any atom is -1.00 e. The van der Waals surface area contributed by atoms with Crippen LogP contribution in [-0.2, 0) is 0 Å². The topological polar surface area (TPSA) is 27.0 Å². The summed E-state index contributed by atoms with van der Waals surface area (Å²) < 4.78 is 0. The average molecular weight is 337 g/mol. The van der Waals surface area contributed by atoms with Crippen LogP contribution in [0.1, 0.15) is 0 Å². The van der Waals surface area contributed by atoms with Gasteiger partial charge in [0, 0.05) is 16.8 Å². The predicted octanol–water partition coefficient (Wildman–Crippen LogP) is 0.873. The summed E-state index contributed by atoms with van der Waals surface area (Å²) in [5.74, 6) is 0. The molecule has 0 aliphatic heterocycles. The molecule has 21 heavy (non-hydrogen) atoms. The van der Waals surface area contributed by atoms with E-state index < -0.39 is 0 Å². The Bertz CT molecular complexity index is 841. The molecule has 2 aromatic heterocycles. The molecule has 2 heterocycles. The highest BCUT2D eigenvalue weighted by atomic mass is 79.9. The van der Waals surface area contributed by atoms with Crippen molar-refractivity contribution in [2.45, 2.75) is 0 Å². The molecule has 0 fully saturated rings. The number of hydrogen-bond acceptors (Lipinski definition) is 1. The quantitative estimate of drug-likeness (QED) is 0.507. The number of fused-ring (bicyclic) bond motifs is 2. The van der Waals surface area contributed by atoms with Crippen molar-refractivity contribution in [2.75, 3.05) is 0 Å². The molecule has 0 unspecified atom stereocenters. The third-order valence-electron chi connectivity index (χ3n) is 3.55. The predicted molar refractivity (Wildman–Crippen MR) is 81.2 cm³/mol. The van der Waals surface area contributed by atoms with Gasteiger partial charge in [-0.25, -0.2) is 9.97 Å². The molecular weight excluding hydrogens is 324 g/mol. The van der Waals surface area contributed by atoms with E-state index in [0.717, 1.165) is 22.3 Å². The molecule has 0 aliphatic rings. The first kappa shape index (κ1) is 13.7. The van der Waals surface area contributed by atoms with Gasteiger partial charge in [0.15, 0.2) is 6.20 Å². The average Bonchev–Trinajstić information content (AvgIpc) is 2.54. The van der Waals surface area contributed by atoms with Crippen molar-refractivity contribution in [3.63, 3.8) is 0 Å². The minimum atomic E-state index is 0. The van der Waals surface area contributed by atoms with Crippen molar-refractivity contribution < 1.29 is 22.0 Å². The lowest BCUT2D eigenvalue weighted by Gasteiger charge is -2.02. The number of nitrogens with zero attached hydrogens (tertiary/aromatic N) is 1. The van der Waals surface area contributed by atoms with Gasteiger partial charge in [0.25, 0.3) is 0 Å². The number of hydrogen-bond donors (Lipinski definition) is 0. The van der Waals surface area contributed by atoms with E-state index in [1.165, 1.54) is 10.8 Å². The molecule has 0 bridgehead atoms. The molecule has 0 atom stereocenters. The van der Waals surface area contributed by atoms with E-state index in [1.807, 2.05) is 36.5 Å². The Hall–Kier alpha value is -2.26. The Kier molecular flexibility index (Phi) is 3.67. The zero-order valence-corrected chi connectivity index (χ0v) is 12.8. The number of nitrogens with one attached hydrogen (secondary N) is 1. The summed E-state index contributed by atoms with van der Waals surface area (Å²) in [5.41, 5.74) is 4.26. The zero-order valence-electron chi connectivity index (χ0n) is 11.3. The lowest BCUT2D eigenvalue weighted by molar-refractivity contribution is -0.343. The third kappa shape index (κ3) is 2.52. The molecule has 0 saturated carbocycles. The van der Waals surface area contributed by atoms with E-state index >= 15 is 0 Å². The van der Waals surface area contributed by atoms with E-state index in [4.69, 9.17) is 4.98 Å². The molecule has 0 amide bonds. The van der Waals surface area contributed by atoms with Gasteiger partial charge in [0.05, 0.1) is 16.8 Å². The number of H-pyrrole nitrogens is 1. The molecule has 2 aromatic carbocycles. The maximum Gasteiger partial charge on any atom is 0.210 e. The standard InChI is InChI=1S/C18H12N2.BrH/c1-4-8-17-13(5-1)9-10-18(20-17)15-11-14-6-2-3-7-16(14)19-12-15;/h1-12H;1H. The van der Waals surface area contributed by atoms with Gasteiger partial charge in [0.1, 0.15) is 0 Å².